The number of hydrogen-bond donors (Lipinski definition) is 1. The lowest BCUT2D eigenvalue weighted by atomic mass is 10.1. The summed E-state index contributed by atoms with van der Waals surface area (Å²) >= 11 is 1.40. The van der Waals surface area contributed by atoms with Crippen molar-refractivity contribution in [3.8, 4) is 0 Å². The molecule has 0 atom stereocenters. The van der Waals surface area contributed by atoms with Crippen LogP contribution in [0.25, 0.3) is 4.96 Å². The van der Waals surface area contributed by atoms with Gasteiger partial charge in [0.25, 0.3) is 5.91 Å². The molecule has 2 heterocycles. The number of halogens is 3. The first kappa shape index (κ1) is 16.4. The summed E-state index contributed by atoms with van der Waals surface area (Å²) in [5.74, 6) is -0.788. The zero-order chi connectivity index (χ0) is 17.5. The summed E-state index contributed by atoms with van der Waals surface area (Å²) in [6.07, 6.45) is -4.58. The molecule has 3 aromatic rings. The molecule has 0 bridgehead atoms. The van der Waals surface area contributed by atoms with Crippen molar-refractivity contribution < 1.29 is 18.0 Å². The Morgan fingerprint density at radius 2 is 2.00 bits per heavy atom. The fourth-order valence-electron chi connectivity index (χ4n) is 2.38. The number of imidazole rings is 1. The predicted octanol–water partition coefficient (Wildman–Crippen LogP) is 3.36. The Balaban J connectivity index is 1.85. The van der Waals surface area contributed by atoms with Crippen LogP contribution in [-0.2, 0) is 12.7 Å². The van der Waals surface area contributed by atoms with Crippen molar-refractivity contribution in [3.05, 3.63) is 51.8 Å². The highest BCUT2D eigenvalue weighted by Crippen LogP contribution is 2.31. The van der Waals surface area contributed by atoms with Gasteiger partial charge in [-0.25, -0.2) is 9.50 Å². The van der Waals surface area contributed by atoms with Gasteiger partial charge in [-0.05, 0) is 26.0 Å². The monoisotopic (exact) mass is 354 g/mol. The van der Waals surface area contributed by atoms with Crippen LogP contribution in [0.15, 0.2) is 24.3 Å². The predicted molar refractivity (Wildman–Crippen MR) is 83.0 cm³/mol. The molecule has 0 aliphatic rings. The Morgan fingerprint density at radius 1 is 1.29 bits per heavy atom. The number of alkyl halides is 3. The Kier molecular flexibility index (Phi) is 4.04. The van der Waals surface area contributed by atoms with Crippen molar-refractivity contribution in [2.75, 3.05) is 0 Å². The van der Waals surface area contributed by atoms with Gasteiger partial charge in [-0.1, -0.05) is 23.5 Å². The maximum Gasteiger partial charge on any atom is 0.417 e. The molecule has 0 aliphatic carbocycles. The fraction of sp³-hybridized carbons (Fsp3) is 0.267. The van der Waals surface area contributed by atoms with Crippen LogP contribution in [-0.4, -0.2) is 20.5 Å². The molecular weight excluding hydrogens is 341 g/mol. The van der Waals surface area contributed by atoms with E-state index in [9.17, 15) is 18.0 Å². The van der Waals surface area contributed by atoms with Crippen molar-refractivity contribution in [3.63, 3.8) is 0 Å². The maximum absolute atomic E-state index is 13.0. The number of fused-ring (bicyclic) bond motifs is 1. The van der Waals surface area contributed by atoms with Crippen LogP contribution < -0.4 is 5.32 Å². The van der Waals surface area contributed by atoms with E-state index in [-0.39, 0.29) is 6.54 Å². The van der Waals surface area contributed by atoms with Crippen LogP contribution in [0.4, 0.5) is 13.2 Å². The van der Waals surface area contributed by atoms with E-state index in [1.165, 1.54) is 23.5 Å². The molecule has 0 saturated heterocycles. The zero-order valence-corrected chi connectivity index (χ0v) is 13.6. The number of carbonyl (C=O) groups is 1. The minimum absolute atomic E-state index is 0.0429. The number of nitrogens with zero attached hydrogens (tertiary/aromatic N) is 3. The number of hydrogen-bond acceptors (Lipinski definition) is 4. The number of aromatic nitrogens is 3. The topological polar surface area (TPSA) is 59.3 Å². The molecule has 0 spiro atoms. The third kappa shape index (κ3) is 2.99. The second kappa shape index (κ2) is 5.90. The van der Waals surface area contributed by atoms with E-state index in [0.29, 0.717) is 16.3 Å². The maximum atomic E-state index is 13.0. The summed E-state index contributed by atoms with van der Waals surface area (Å²) in [4.78, 5) is 17.2. The van der Waals surface area contributed by atoms with Gasteiger partial charge in [0.15, 0.2) is 0 Å². The average Bonchev–Trinajstić information content (AvgIpc) is 2.99. The highest BCUT2D eigenvalue weighted by Gasteiger charge is 2.34. The second-order valence-electron chi connectivity index (χ2n) is 5.19. The van der Waals surface area contributed by atoms with Gasteiger partial charge in [0.2, 0.25) is 4.96 Å². The summed E-state index contributed by atoms with van der Waals surface area (Å²) in [7, 11) is 0. The van der Waals surface area contributed by atoms with Crippen LogP contribution in [0.3, 0.4) is 0 Å². The summed E-state index contributed by atoms with van der Waals surface area (Å²) in [5.41, 5.74) is -0.0367. The van der Waals surface area contributed by atoms with E-state index in [1.54, 1.807) is 11.4 Å². The van der Waals surface area contributed by atoms with Crippen molar-refractivity contribution in [1.82, 2.24) is 19.9 Å². The number of rotatable bonds is 3. The zero-order valence-electron chi connectivity index (χ0n) is 12.8. The van der Waals surface area contributed by atoms with Crippen molar-refractivity contribution in [2.24, 2.45) is 0 Å². The molecule has 0 aliphatic heterocycles. The first-order valence-electron chi connectivity index (χ1n) is 7.03. The average molecular weight is 354 g/mol. The quantitative estimate of drug-likeness (QED) is 0.785. The van der Waals surface area contributed by atoms with Crippen LogP contribution in [0, 0.1) is 13.8 Å². The third-order valence-corrected chi connectivity index (χ3v) is 4.32. The summed E-state index contributed by atoms with van der Waals surface area (Å²) in [6.45, 7) is 3.64. The first-order chi connectivity index (χ1) is 11.3. The summed E-state index contributed by atoms with van der Waals surface area (Å²) in [6, 6.07) is 4.70. The van der Waals surface area contributed by atoms with Crippen LogP contribution >= 0.6 is 11.3 Å². The standard InChI is InChI=1S/C15H13F3N4OS/c1-8-12(22-14(20-8)24-9(2)21-22)7-19-13(23)10-5-3-4-6-11(10)15(16,17)18/h3-6H,7H2,1-2H3,(H,19,23). The molecule has 1 N–H and O–H groups in total. The van der Waals surface area contributed by atoms with Gasteiger partial charge in [-0.3, -0.25) is 4.79 Å². The fourth-order valence-corrected chi connectivity index (χ4v) is 3.18. The summed E-state index contributed by atoms with van der Waals surface area (Å²) < 4.78 is 40.6. The molecule has 126 valence electrons. The lowest BCUT2D eigenvalue weighted by Crippen LogP contribution is -2.26. The second-order valence-corrected chi connectivity index (χ2v) is 6.35. The molecule has 1 amide bonds. The molecule has 0 unspecified atom stereocenters. The highest BCUT2D eigenvalue weighted by atomic mass is 32.1. The number of amides is 1. The normalized spacial score (nSPS) is 11.9. The number of aryl methyl sites for hydroxylation is 2. The number of carbonyl (C=O) groups excluding carboxylic acids is 1. The van der Waals surface area contributed by atoms with Crippen LogP contribution in [0.2, 0.25) is 0 Å². The van der Waals surface area contributed by atoms with Gasteiger partial charge in [-0.2, -0.15) is 18.3 Å². The molecule has 2 aromatic heterocycles. The SMILES string of the molecule is Cc1nn2c(CNC(=O)c3ccccc3C(F)(F)F)c(C)nc2s1. The Labute approximate surface area is 139 Å². The van der Waals surface area contributed by atoms with Crippen LogP contribution in [0.5, 0.6) is 0 Å². The van der Waals surface area contributed by atoms with Crippen LogP contribution in [0.1, 0.15) is 32.3 Å². The van der Waals surface area contributed by atoms with Gasteiger partial charge in [0.1, 0.15) is 5.01 Å². The Morgan fingerprint density at radius 3 is 2.71 bits per heavy atom. The van der Waals surface area contributed by atoms with E-state index >= 15 is 0 Å². The van der Waals surface area contributed by atoms with Gasteiger partial charge >= 0.3 is 6.18 Å². The summed E-state index contributed by atoms with van der Waals surface area (Å²) in [5, 5.41) is 7.62. The van der Waals surface area contributed by atoms with Crippen molar-refractivity contribution in [2.45, 2.75) is 26.6 Å². The lowest BCUT2D eigenvalue weighted by Gasteiger charge is -2.12. The molecule has 5 nitrogen and oxygen atoms in total. The molecule has 0 saturated carbocycles. The molecule has 1 aromatic carbocycles. The molecule has 0 fully saturated rings. The first-order valence-corrected chi connectivity index (χ1v) is 7.85. The van der Waals surface area contributed by atoms with E-state index in [2.05, 4.69) is 15.4 Å². The number of benzene rings is 1. The minimum atomic E-state index is -4.58. The van der Waals surface area contributed by atoms with Gasteiger partial charge < -0.3 is 5.32 Å². The minimum Gasteiger partial charge on any atom is -0.346 e. The molecule has 9 heteroatoms. The molecule has 0 radical (unpaired) electrons. The Hall–Kier alpha value is -2.42. The number of nitrogens with one attached hydrogen (secondary N) is 1. The van der Waals surface area contributed by atoms with E-state index in [0.717, 1.165) is 17.1 Å². The largest absolute Gasteiger partial charge is 0.417 e. The van der Waals surface area contributed by atoms with E-state index < -0.39 is 23.2 Å². The van der Waals surface area contributed by atoms with Crippen molar-refractivity contribution >= 4 is 22.2 Å². The smallest absolute Gasteiger partial charge is 0.346 e. The van der Waals surface area contributed by atoms with Gasteiger partial charge in [0.05, 0.1) is 29.1 Å². The highest BCUT2D eigenvalue weighted by molar-refractivity contribution is 7.16. The van der Waals surface area contributed by atoms with E-state index in [1.807, 2.05) is 6.92 Å². The molecule has 24 heavy (non-hydrogen) atoms. The Bertz CT molecular complexity index is 913. The van der Waals surface area contributed by atoms with Gasteiger partial charge in [-0.15, -0.1) is 0 Å². The van der Waals surface area contributed by atoms with Crippen molar-refractivity contribution in [1.29, 1.82) is 0 Å². The third-order valence-electron chi connectivity index (χ3n) is 3.49. The molecule has 3 rings (SSSR count). The van der Waals surface area contributed by atoms with E-state index in [4.69, 9.17) is 0 Å². The lowest BCUT2D eigenvalue weighted by molar-refractivity contribution is -0.137. The molecular formula is C15H13F3N4OS. The van der Waals surface area contributed by atoms with Gasteiger partial charge in [0, 0.05) is 0 Å².